The Kier molecular flexibility index (Phi) is 5.07. The Bertz CT molecular complexity index is 1070. The normalized spacial score (nSPS) is 10.9. The number of aryl methyl sites for hydroxylation is 1. The highest BCUT2D eigenvalue weighted by Crippen LogP contribution is 2.31. The summed E-state index contributed by atoms with van der Waals surface area (Å²) in [6.07, 6.45) is 1.79. The molecule has 1 aromatic carbocycles. The Labute approximate surface area is 168 Å². The Hall–Kier alpha value is -2.48. The van der Waals surface area contributed by atoms with Crippen LogP contribution < -0.4 is 5.32 Å². The molecule has 3 heterocycles. The topological polar surface area (TPSA) is 68.0 Å². The number of thiazole rings is 2. The molecule has 0 radical (unpaired) electrons. The van der Waals surface area contributed by atoms with Gasteiger partial charge in [-0.15, -0.1) is 22.7 Å². The van der Waals surface area contributed by atoms with Crippen molar-refractivity contribution in [2.75, 3.05) is 5.32 Å². The van der Waals surface area contributed by atoms with Gasteiger partial charge in [-0.2, -0.15) is 0 Å². The van der Waals surface area contributed by atoms with Gasteiger partial charge in [-0.1, -0.05) is 23.7 Å². The van der Waals surface area contributed by atoms with Crippen LogP contribution in [0.15, 0.2) is 52.5 Å². The Morgan fingerprint density at radius 2 is 2.04 bits per heavy atom. The molecule has 0 aliphatic carbocycles. The monoisotopic (exact) mass is 415 g/mol. The second kappa shape index (κ2) is 7.64. The molecule has 4 rings (SSSR count). The molecule has 8 heteroatoms. The summed E-state index contributed by atoms with van der Waals surface area (Å²) in [5.74, 6) is 0.553. The van der Waals surface area contributed by atoms with Crippen LogP contribution in [-0.4, -0.2) is 15.9 Å². The molecule has 0 saturated carbocycles. The lowest BCUT2D eigenvalue weighted by Crippen LogP contribution is -2.14. The zero-order chi connectivity index (χ0) is 18.8. The van der Waals surface area contributed by atoms with Gasteiger partial charge >= 0.3 is 0 Å². The standard InChI is InChI=1S/C19H14ClN3O2S2/c1-11-17(12-4-6-13(20)7-5-12)23-19(27-11)22-16(24)9-14-10-26-18(21-14)15-3-2-8-25-15/h2-8,10H,9H2,1H3,(H,22,23,24). The van der Waals surface area contributed by atoms with Gasteiger partial charge in [-0.25, -0.2) is 9.97 Å². The minimum Gasteiger partial charge on any atom is -0.462 e. The number of anilines is 1. The van der Waals surface area contributed by atoms with E-state index in [1.165, 1.54) is 22.7 Å². The lowest BCUT2D eigenvalue weighted by atomic mass is 10.1. The molecular weight excluding hydrogens is 402 g/mol. The molecule has 5 nitrogen and oxygen atoms in total. The number of hydrogen-bond donors (Lipinski definition) is 1. The highest BCUT2D eigenvalue weighted by atomic mass is 35.5. The van der Waals surface area contributed by atoms with Crippen LogP contribution in [0.25, 0.3) is 22.0 Å². The van der Waals surface area contributed by atoms with Gasteiger partial charge in [0.05, 0.1) is 24.1 Å². The lowest BCUT2D eigenvalue weighted by molar-refractivity contribution is -0.115. The quantitative estimate of drug-likeness (QED) is 0.456. The van der Waals surface area contributed by atoms with Gasteiger partial charge < -0.3 is 9.73 Å². The van der Waals surface area contributed by atoms with Crippen molar-refractivity contribution in [2.45, 2.75) is 13.3 Å². The third-order valence-electron chi connectivity index (χ3n) is 3.79. The molecule has 0 aliphatic heterocycles. The lowest BCUT2D eigenvalue weighted by Gasteiger charge is -2.00. The first-order chi connectivity index (χ1) is 13.1. The van der Waals surface area contributed by atoms with E-state index in [0.717, 1.165) is 21.1 Å². The molecule has 0 fully saturated rings. The zero-order valence-electron chi connectivity index (χ0n) is 14.2. The molecule has 3 aromatic heterocycles. The fraction of sp³-hybridized carbons (Fsp3) is 0.105. The number of nitrogens with zero attached hydrogens (tertiary/aromatic N) is 2. The van der Waals surface area contributed by atoms with E-state index in [2.05, 4.69) is 15.3 Å². The van der Waals surface area contributed by atoms with E-state index in [9.17, 15) is 4.79 Å². The Balaban J connectivity index is 1.44. The SMILES string of the molecule is Cc1sc(NC(=O)Cc2csc(-c3ccco3)n2)nc1-c1ccc(Cl)cc1. The van der Waals surface area contributed by atoms with Crippen molar-refractivity contribution >= 4 is 45.3 Å². The molecular formula is C19H14ClN3O2S2. The number of amides is 1. The average molecular weight is 416 g/mol. The molecule has 1 amide bonds. The molecule has 0 atom stereocenters. The van der Waals surface area contributed by atoms with Gasteiger partial charge in [0.1, 0.15) is 0 Å². The van der Waals surface area contributed by atoms with Crippen LogP contribution in [0.1, 0.15) is 10.6 Å². The molecule has 4 aromatic rings. The maximum absolute atomic E-state index is 12.4. The summed E-state index contributed by atoms with van der Waals surface area (Å²) < 4.78 is 5.33. The van der Waals surface area contributed by atoms with Crippen LogP contribution in [0.2, 0.25) is 5.02 Å². The maximum atomic E-state index is 12.4. The van der Waals surface area contributed by atoms with E-state index in [0.29, 0.717) is 21.6 Å². The highest BCUT2D eigenvalue weighted by Gasteiger charge is 2.14. The van der Waals surface area contributed by atoms with Gasteiger partial charge in [0.25, 0.3) is 0 Å². The average Bonchev–Trinajstić information content (AvgIpc) is 3.37. The van der Waals surface area contributed by atoms with E-state index in [1.54, 1.807) is 6.26 Å². The van der Waals surface area contributed by atoms with Crippen LogP contribution in [-0.2, 0) is 11.2 Å². The second-order valence-electron chi connectivity index (χ2n) is 5.78. The van der Waals surface area contributed by atoms with E-state index in [4.69, 9.17) is 16.0 Å². The van der Waals surface area contributed by atoms with E-state index >= 15 is 0 Å². The summed E-state index contributed by atoms with van der Waals surface area (Å²) >= 11 is 8.84. The largest absolute Gasteiger partial charge is 0.462 e. The minimum atomic E-state index is -0.150. The molecule has 0 saturated heterocycles. The number of benzene rings is 1. The van der Waals surface area contributed by atoms with Crippen LogP contribution in [0.5, 0.6) is 0 Å². The molecule has 0 spiro atoms. The summed E-state index contributed by atoms with van der Waals surface area (Å²) in [5, 5.41) is 6.74. The summed E-state index contributed by atoms with van der Waals surface area (Å²) in [7, 11) is 0. The molecule has 0 aliphatic rings. The first-order valence-corrected chi connectivity index (χ1v) is 10.2. The third kappa shape index (κ3) is 4.10. The second-order valence-corrected chi connectivity index (χ2v) is 8.27. The Morgan fingerprint density at radius 1 is 1.22 bits per heavy atom. The molecule has 27 heavy (non-hydrogen) atoms. The molecule has 1 N–H and O–H groups in total. The number of carbonyl (C=O) groups is 1. The van der Waals surface area contributed by atoms with Crippen molar-refractivity contribution in [2.24, 2.45) is 0 Å². The third-order valence-corrected chi connectivity index (χ3v) is 5.83. The maximum Gasteiger partial charge on any atom is 0.232 e. The van der Waals surface area contributed by atoms with Crippen LogP contribution in [0.3, 0.4) is 0 Å². The van der Waals surface area contributed by atoms with Crippen molar-refractivity contribution in [3.05, 3.63) is 63.6 Å². The van der Waals surface area contributed by atoms with Crippen molar-refractivity contribution in [3.8, 4) is 22.0 Å². The fourth-order valence-corrected chi connectivity index (χ4v) is 4.32. The smallest absolute Gasteiger partial charge is 0.232 e. The van der Waals surface area contributed by atoms with Crippen LogP contribution >= 0.6 is 34.3 Å². The van der Waals surface area contributed by atoms with Crippen LogP contribution in [0.4, 0.5) is 5.13 Å². The van der Waals surface area contributed by atoms with Crippen molar-refractivity contribution < 1.29 is 9.21 Å². The number of aromatic nitrogens is 2. The highest BCUT2D eigenvalue weighted by molar-refractivity contribution is 7.16. The summed E-state index contributed by atoms with van der Waals surface area (Å²) in [6, 6.07) is 11.1. The van der Waals surface area contributed by atoms with Gasteiger partial charge in [-0.05, 0) is 31.2 Å². The summed E-state index contributed by atoms with van der Waals surface area (Å²) in [6.45, 7) is 1.98. The Morgan fingerprint density at radius 3 is 2.78 bits per heavy atom. The summed E-state index contributed by atoms with van der Waals surface area (Å²) in [4.78, 5) is 22.4. The minimum absolute atomic E-state index is 0.150. The number of rotatable bonds is 5. The molecule has 0 unspecified atom stereocenters. The van der Waals surface area contributed by atoms with Crippen molar-refractivity contribution in [3.63, 3.8) is 0 Å². The van der Waals surface area contributed by atoms with Crippen molar-refractivity contribution in [1.29, 1.82) is 0 Å². The predicted octanol–water partition coefficient (Wildman–Crippen LogP) is 5.67. The van der Waals surface area contributed by atoms with E-state index in [1.807, 2.05) is 48.7 Å². The number of furan rings is 1. The number of nitrogens with one attached hydrogen (secondary N) is 1. The number of carbonyl (C=O) groups excluding carboxylic acids is 1. The van der Waals surface area contributed by atoms with E-state index in [-0.39, 0.29) is 12.3 Å². The van der Waals surface area contributed by atoms with Gasteiger partial charge in [0.15, 0.2) is 15.9 Å². The first-order valence-electron chi connectivity index (χ1n) is 8.10. The van der Waals surface area contributed by atoms with E-state index < -0.39 is 0 Å². The predicted molar refractivity (Wildman–Crippen MR) is 109 cm³/mol. The fourth-order valence-electron chi connectivity index (χ4n) is 2.56. The molecule has 136 valence electrons. The van der Waals surface area contributed by atoms with Crippen LogP contribution in [0, 0.1) is 6.92 Å². The first kappa shape index (κ1) is 17.9. The number of halogens is 1. The molecule has 0 bridgehead atoms. The summed E-state index contributed by atoms with van der Waals surface area (Å²) in [5.41, 5.74) is 2.52. The van der Waals surface area contributed by atoms with Gasteiger partial charge in [-0.3, -0.25) is 4.79 Å². The zero-order valence-corrected chi connectivity index (χ0v) is 16.6. The van der Waals surface area contributed by atoms with Gasteiger partial charge in [0.2, 0.25) is 5.91 Å². The van der Waals surface area contributed by atoms with Crippen molar-refractivity contribution in [1.82, 2.24) is 9.97 Å². The number of hydrogen-bond acceptors (Lipinski definition) is 6. The van der Waals surface area contributed by atoms with Gasteiger partial charge in [0, 0.05) is 20.8 Å².